The SMILES string of the molecule is Cc1ccc(-c2ccc(C(N)C(C)C)s2)cc1Br. The molecule has 0 aliphatic rings. The summed E-state index contributed by atoms with van der Waals surface area (Å²) in [6.07, 6.45) is 0. The van der Waals surface area contributed by atoms with E-state index >= 15 is 0 Å². The number of benzene rings is 1. The average Bonchev–Trinajstić information content (AvgIpc) is 2.81. The fraction of sp³-hybridized carbons (Fsp3) is 0.333. The summed E-state index contributed by atoms with van der Waals surface area (Å²) < 4.78 is 1.16. The summed E-state index contributed by atoms with van der Waals surface area (Å²) in [5.41, 5.74) is 8.69. The van der Waals surface area contributed by atoms with Crippen LogP contribution in [0, 0.1) is 12.8 Å². The molecule has 2 rings (SSSR count). The van der Waals surface area contributed by atoms with Crippen molar-refractivity contribution in [3.05, 3.63) is 45.2 Å². The van der Waals surface area contributed by atoms with Gasteiger partial charge >= 0.3 is 0 Å². The fourth-order valence-corrected chi connectivity index (χ4v) is 3.32. The van der Waals surface area contributed by atoms with Crippen LogP contribution in [-0.2, 0) is 0 Å². The number of aryl methyl sites for hydroxylation is 1. The average molecular weight is 324 g/mol. The van der Waals surface area contributed by atoms with Gasteiger partial charge in [0.05, 0.1) is 0 Å². The smallest absolute Gasteiger partial charge is 0.0413 e. The first-order chi connectivity index (χ1) is 8.49. The lowest BCUT2D eigenvalue weighted by molar-refractivity contribution is 0.521. The zero-order valence-corrected chi connectivity index (χ0v) is 13.3. The van der Waals surface area contributed by atoms with Crippen LogP contribution in [0.4, 0.5) is 0 Å². The summed E-state index contributed by atoms with van der Waals surface area (Å²) >= 11 is 5.37. The van der Waals surface area contributed by atoms with Gasteiger partial charge in [0.15, 0.2) is 0 Å². The Morgan fingerprint density at radius 1 is 1.17 bits per heavy atom. The highest BCUT2D eigenvalue weighted by atomic mass is 79.9. The highest BCUT2D eigenvalue weighted by Gasteiger charge is 2.13. The molecule has 1 atom stereocenters. The third-order valence-corrected chi connectivity index (χ3v) is 5.22. The third kappa shape index (κ3) is 2.85. The molecule has 0 amide bonds. The molecule has 1 unspecified atom stereocenters. The Morgan fingerprint density at radius 2 is 1.89 bits per heavy atom. The summed E-state index contributed by atoms with van der Waals surface area (Å²) in [5.74, 6) is 0.473. The standard InChI is InChI=1S/C15H18BrNS/c1-9(2)15(17)14-7-6-13(18-14)11-5-4-10(3)12(16)8-11/h4-9,15H,17H2,1-3H3. The molecule has 0 saturated heterocycles. The maximum absolute atomic E-state index is 6.18. The van der Waals surface area contributed by atoms with Crippen LogP contribution in [0.5, 0.6) is 0 Å². The predicted molar refractivity (Wildman–Crippen MR) is 84.0 cm³/mol. The van der Waals surface area contributed by atoms with Crippen LogP contribution in [0.2, 0.25) is 0 Å². The van der Waals surface area contributed by atoms with E-state index in [9.17, 15) is 0 Å². The Hall–Kier alpha value is -0.640. The molecular formula is C15H18BrNS. The molecule has 0 saturated carbocycles. The van der Waals surface area contributed by atoms with Crippen molar-refractivity contribution in [3.8, 4) is 10.4 Å². The summed E-state index contributed by atoms with van der Waals surface area (Å²) in [4.78, 5) is 2.54. The third-order valence-electron chi connectivity index (χ3n) is 3.13. The first kappa shape index (κ1) is 13.8. The van der Waals surface area contributed by atoms with E-state index in [0.717, 1.165) is 4.47 Å². The zero-order chi connectivity index (χ0) is 13.3. The molecule has 1 aromatic carbocycles. The number of thiophene rings is 1. The quantitative estimate of drug-likeness (QED) is 0.831. The van der Waals surface area contributed by atoms with Gasteiger partial charge in [0.1, 0.15) is 0 Å². The van der Waals surface area contributed by atoms with Gasteiger partial charge in [0, 0.05) is 20.3 Å². The molecule has 0 bridgehead atoms. The van der Waals surface area contributed by atoms with Gasteiger partial charge in [-0.3, -0.25) is 0 Å². The van der Waals surface area contributed by atoms with Crippen LogP contribution in [-0.4, -0.2) is 0 Å². The predicted octanol–water partition coefficient (Wildman–Crippen LogP) is 5.14. The van der Waals surface area contributed by atoms with Crippen molar-refractivity contribution in [3.63, 3.8) is 0 Å². The Kier molecular flexibility index (Phi) is 4.25. The number of nitrogens with two attached hydrogens (primary N) is 1. The molecule has 0 aliphatic carbocycles. The molecule has 3 heteroatoms. The first-order valence-corrected chi connectivity index (χ1v) is 7.72. The van der Waals surface area contributed by atoms with Gasteiger partial charge in [0.25, 0.3) is 0 Å². The number of hydrogen-bond donors (Lipinski definition) is 1. The van der Waals surface area contributed by atoms with E-state index in [1.807, 2.05) is 0 Å². The van der Waals surface area contributed by atoms with Crippen LogP contribution in [0.3, 0.4) is 0 Å². The van der Waals surface area contributed by atoms with Crippen molar-refractivity contribution in [2.24, 2.45) is 11.7 Å². The first-order valence-electron chi connectivity index (χ1n) is 6.11. The molecule has 2 aromatic rings. The molecule has 18 heavy (non-hydrogen) atoms. The second-order valence-corrected chi connectivity index (χ2v) is 6.91. The Labute approximate surface area is 121 Å². The van der Waals surface area contributed by atoms with Crippen LogP contribution in [0.15, 0.2) is 34.8 Å². The lowest BCUT2D eigenvalue weighted by Crippen LogP contribution is -2.14. The van der Waals surface area contributed by atoms with Crippen molar-refractivity contribution < 1.29 is 0 Å². The minimum absolute atomic E-state index is 0.137. The van der Waals surface area contributed by atoms with E-state index < -0.39 is 0 Å². The van der Waals surface area contributed by atoms with Crippen molar-refractivity contribution in [2.45, 2.75) is 26.8 Å². The van der Waals surface area contributed by atoms with Gasteiger partial charge in [0.2, 0.25) is 0 Å². The van der Waals surface area contributed by atoms with Crippen molar-refractivity contribution >= 4 is 27.3 Å². The molecule has 0 radical (unpaired) electrons. The normalized spacial score (nSPS) is 13.0. The molecule has 0 aliphatic heterocycles. The zero-order valence-electron chi connectivity index (χ0n) is 10.9. The Bertz CT molecular complexity index is 545. The summed E-state index contributed by atoms with van der Waals surface area (Å²) in [5, 5.41) is 0. The van der Waals surface area contributed by atoms with Gasteiger partial charge in [-0.25, -0.2) is 0 Å². The van der Waals surface area contributed by atoms with E-state index in [-0.39, 0.29) is 6.04 Å². The van der Waals surface area contributed by atoms with E-state index in [2.05, 4.69) is 67.0 Å². The van der Waals surface area contributed by atoms with Gasteiger partial charge in [-0.2, -0.15) is 0 Å². The van der Waals surface area contributed by atoms with Gasteiger partial charge in [-0.15, -0.1) is 11.3 Å². The summed E-state index contributed by atoms with van der Waals surface area (Å²) in [6, 6.07) is 10.9. The van der Waals surface area contributed by atoms with E-state index in [0.29, 0.717) is 5.92 Å². The topological polar surface area (TPSA) is 26.0 Å². The van der Waals surface area contributed by atoms with E-state index in [1.165, 1.54) is 20.9 Å². The molecule has 1 aromatic heterocycles. The van der Waals surface area contributed by atoms with E-state index in [4.69, 9.17) is 5.73 Å². The number of hydrogen-bond acceptors (Lipinski definition) is 2. The lowest BCUT2D eigenvalue weighted by Gasteiger charge is -2.12. The minimum Gasteiger partial charge on any atom is -0.323 e. The second kappa shape index (κ2) is 5.55. The van der Waals surface area contributed by atoms with Crippen LogP contribution >= 0.6 is 27.3 Å². The highest BCUT2D eigenvalue weighted by Crippen LogP contribution is 2.34. The van der Waals surface area contributed by atoms with Crippen molar-refractivity contribution in [2.75, 3.05) is 0 Å². The minimum atomic E-state index is 0.137. The molecule has 2 N–H and O–H groups in total. The van der Waals surface area contributed by atoms with Gasteiger partial charge in [-0.1, -0.05) is 41.9 Å². The van der Waals surface area contributed by atoms with E-state index in [1.54, 1.807) is 11.3 Å². The fourth-order valence-electron chi connectivity index (χ4n) is 1.76. The highest BCUT2D eigenvalue weighted by molar-refractivity contribution is 9.10. The number of halogens is 1. The van der Waals surface area contributed by atoms with Crippen LogP contribution in [0.1, 0.15) is 30.3 Å². The Balaban J connectivity index is 2.32. The second-order valence-electron chi connectivity index (χ2n) is 4.94. The Morgan fingerprint density at radius 3 is 2.50 bits per heavy atom. The van der Waals surface area contributed by atoms with Crippen LogP contribution < -0.4 is 5.73 Å². The maximum atomic E-state index is 6.18. The molecular weight excluding hydrogens is 306 g/mol. The van der Waals surface area contributed by atoms with Crippen LogP contribution in [0.25, 0.3) is 10.4 Å². The van der Waals surface area contributed by atoms with Crippen molar-refractivity contribution in [1.82, 2.24) is 0 Å². The maximum Gasteiger partial charge on any atom is 0.0413 e. The molecule has 1 heterocycles. The molecule has 1 nitrogen and oxygen atoms in total. The molecule has 0 fully saturated rings. The van der Waals surface area contributed by atoms with Gasteiger partial charge in [-0.05, 0) is 42.2 Å². The van der Waals surface area contributed by atoms with Crippen molar-refractivity contribution in [1.29, 1.82) is 0 Å². The molecule has 96 valence electrons. The largest absolute Gasteiger partial charge is 0.323 e. The lowest BCUT2D eigenvalue weighted by atomic mass is 10.0. The van der Waals surface area contributed by atoms with Gasteiger partial charge < -0.3 is 5.73 Å². The molecule has 0 spiro atoms. The monoisotopic (exact) mass is 323 g/mol. The summed E-state index contributed by atoms with van der Waals surface area (Å²) in [6.45, 7) is 6.42. The number of rotatable bonds is 3. The summed E-state index contributed by atoms with van der Waals surface area (Å²) in [7, 11) is 0.